The summed E-state index contributed by atoms with van der Waals surface area (Å²) in [5.74, 6) is 0.439. The maximum Gasteiger partial charge on any atom is 0.223 e. The highest BCUT2D eigenvalue weighted by atomic mass is 16.5. The minimum absolute atomic E-state index is 0.0158. The molecule has 1 aliphatic heterocycles. The first kappa shape index (κ1) is 12.8. The lowest BCUT2D eigenvalue weighted by Gasteiger charge is -2.32. The van der Waals surface area contributed by atoms with Crippen LogP contribution in [0.5, 0.6) is 0 Å². The van der Waals surface area contributed by atoms with Crippen LogP contribution in [0, 0.1) is 5.92 Å². The number of morpholine rings is 1. The highest BCUT2D eigenvalue weighted by Gasteiger charge is 2.26. The Balaban J connectivity index is 2.53. The van der Waals surface area contributed by atoms with Gasteiger partial charge in [0.2, 0.25) is 5.91 Å². The van der Waals surface area contributed by atoms with Crippen LogP contribution in [-0.4, -0.2) is 47.7 Å². The summed E-state index contributed by atoms with van der Waals surface area (Å²) in [5, 5.41) is 11.4. The molecular weight excluding hydrogens is 210 g/mol. The Bertz CT molecular complexity index is 278. The SMILES string of the molecule is CC(C)CC(=O)N1CCOC(C(N)=NO)C1. The molecular formula is C10H19N3O3. The predicted molar refractivity (Wildman–Crippen MR) is 59.2 cm³/mol. The Morgan fingerprint density at radius 1 is 1.69 bits per heavy atom. The summed E-state index contributed by atoms with van der Waals surface area (Å²) in [6, 6.07) is 0. The Morgan fingerprint density at radius 2 is 2.38 bits per heavy atom. The van der Waals surface area contributed by atoms with Gasteiger partial charge in [0.05, 0.1) is 13.2 Å². The van der Waals surface area contributed by atoms with Crippen molar-refractivity contribution in [2.45, 2.75) is 26.4 Å². The number of carbonyl (C=O) groups is 1. The van der Waals surface area contributed by atoms with Gasteiger partial charge in [0.1, 0.15) is 6.10 Å². The fourth-order valence-corrected chi connectivity index (χ4v) is 1.60. The zero-order valence-electron chi connectivity index (χ0n) is 9.72. The number of oxime groups is 1. The van der Waals surface area contributed by atoms with Gasteiger partial charge in [-0.1, -0.05) is 19.0 Å². The maximum absolute atomic E-state index is 11.8. The van der Waals surface area contributed by atoms with Crippen molar-refractivity contribution in [3.8, 4) is 0 Å². The fraction of sp³-hybridized carbons (Fsp3) is 0.800. The van der Waals surface area contributed by atoms with Crippen molar-refractivity contribution in [1.29, 1.82) is 0 Å². The van der Waals surface area contributed by atoms with Gasteiger partial charge in [0, 0.05) is 13.0 Å². The van der Waals surface area contributed by atoms with Gasteiger partial charge >= 0.3 is 0 Å². The second kappa shape index (κ2) is 5.69. The number of nitrogens with two attached hydrogens (primary N) is 1. The van der Waals surface area contributed by atoms with E-state index >= 15 is 0 Å². The van der Waals surface area contributed by atoms with Crippen molar-refractivity contribution in [1.82, 2.24) is 4.90 Å². The van der Waals surface area contributed by atoms with E-state index in [2.05, 4.69) is 5.16 Å². The van der Waals surface area contributed by atoms with Crippen LogP contribution in [0.2, 0.25) is 0 Å². The molecule has 0 aromatic carbocycles. The molecule has 0 bridgehead atoms. The molecule has 1 atom stereocenters. The minimum atomic E-state index is -0.491. The number of ether oxygens (including phenoxy) is 1. The van der Waals surface area contributed by atoms with Gasteiger partial charge in [-0.15, -0.1) is 0 Å². The van der Waals surface area contributed by atoms with E-state index in [9.17, 15) is 4.79 Å². The Morgan fingerprint density at radius 3 is 2.94 bits per heavy atom. The van der Waals surface area contributed by atoms with Crippen LogP contribution in [0.15, 0.2) is 5.16 Å². The second-order valence-corrected chi connectivity index (χ2v) is 4.32. The number of amidine groups is 1. The minimum Gasteiger partial charge on any atom is -0.409 e. The second-order valence-electron chi connectivity index (χ2n) is 4.32. The average molecular weight is 229 g/mol. The summed E-state index contributed by atoms with van der Waals surface area (Å²) >= 11 is 0. The third-order valence-electron chi connectivity index (χ3n) is 2.45. The molecule has 0 saturated carbocycles. The topological polar surface area (TPSA) is 88.2 Å². The lowest BCUT2D eigenvalue weighted by molar-refractivity contribution is -0.137. The largest absolute Gasteiger partial charge is 0.409 e. The molecule has 1 fully saturated rings. The highest BCUT2D eigenvalue weighted by Crippen LogP contribution is 2.10. The van der Waals surface area contributed by atoms with Crippen molar-refractivity contribution in [2.24, 2.45) is 16.8 Å². The average Bonchev–Trinajstić information content (AvgIpc) is 2.27. The Kier molecular flexibility index (Phi) is 4.54. The smallest absolute Gasteiger partial charge is 0.223 e. The number of amides is 1. The lowest BCUT2D eigenvalue weighted by atomic mass is 10.1. The van der Waals surface area contributed by atoms with Gasteiger partial charge in [-0.3, -0.25) is 4.79 Å². The van der Waals surface area contributed by atoms with Crippen molar-refractivity contribution in [2.75, 3.05) is 19.7 Å². The molecule has 0 aromatic heterocycles. The van der Waals surface area contributed by atoms with Crippen LogP contribution in [0.3, 0.4) is 0 Å². The molecule has 6 heteroatoms. The van der Waals surface area contributed by atoms with E-state index in [0.29, 0.717) is 32.0 Å². The molecule has 1 heterocycles. The zero-order chi connectivity index (χ0) is 12.1. The van der Waals surface area contributed by atoms with Crippen LogP contribution in [0.25, 0.3) is 0 Å². The molecule has 0 radical (unpaired) electrons. The van der Waals surface area contributed by atoms with Crippen LogP contribution in [0.4, 0.5) is 0 Å². The summed E-state index contributed by atoms with van der Waals surface area (Å²) in [6.45, 7) is 5.35. The summed E-state index contributed by atoms with van der Waals surface area (Å²) in [6.07, 6.45) is 0.0259. The number of carbonyl (C=O) groups excluding carboxylic acids is 1. The third kappa shape index (κ3) is 3.37. The fourth-order valence-electron chi connectivity index (χ4n) is 1.60. The van der Waals surface area contributed by atoms with E-state index < -0.39 is 6.10 Å². The molecule has 1 rings (SSSR count). The molecule has 92 valence electrons. The first-order chi connectivity index (χ1) is 7.54. The summed E-state index contributed by atoms with van der Waals surface area (Å²) in [5.41, 5.74) is 5.45. The molecule has 1 aliphatic rings. The van der Waals surface area contributed by atoms with Crippen molar-refractivity contribution in [3.05, 3.63) is 0 Å². The van der Waals surface area contributed by atoms with Crippen LogP contribution >= 0.6 is 0 Å². The number of nitrogens with zero attached hydrogens (tertiary/aromatic N) is 2. The summed E-state index contributed by atoms with van der Waals surface area (Å²) in [7, 11) is 0. The van der Waals surface area contributed by atoms with Gasteiger partial charge in [-0.05, 0) is 5.92 Å². The molecule has 3 N–H and O–H groups in total. The Labute approximate surface area is 95.0 Å². The first-order valence-corrected chi connectivity index (χ1v) is 5.41. The molecule has 0 aliphatic carbocycles. The van der Waals surface area contributed by atoms with Crippen molar-refractivity contribution in [3.63, 3.8) is 0 Å². The molecule has 6 nitrogen and oxygen atoms in total. The number of rotatable bonds is 3. The van der Waals surface area contributed by atoms with E-state index in [1.807, 2.05) is 13.8 Å². The lowest BCUT2D eigenvalue weighted by Crippen LogP contribution is -2.50. The van der Waals surface area contributed by atoms with E-state index in [1.165, 1.54) is 0 Å². The molecule has 0 aromatic rings. The molecule has 0 spiro atoms. The molecule has 1 amide bonds. The van der Waals surface area contributed by atoms with E-state index in [1.54, 1.807) is 4.90 Å². The van der Waals surface area contributed by atoms with Crippen LogP contribution in [-0.2, 0) is 9.53 Å². The molecule has 1 unspecified atom stereocenters. The summed E-state index contributed by atoms with van der Waals surface area (Å²) < 4.78 is 5.31. The number of hydrogen-bond acceptors (Lipinski definition) is 4. The quantitative estimate of drug-likeness (QED) is 0.309. The van der Waals surface area contributed by atoms with Crippen LogP contribution < -0.4 is 5.73 Å². The van der Waals surface area contributed by atoms with Crippen LogP contribution in [0.1, 0.15) is 20.3 Å². The van der Waals surface area contributed by atoms with Gasteiger partial charge < -0.3 is 20.6 Å². The highest BCUT2D eigenvalue weighted by molar-refractivity contribution is 5.85. The molecule has 16 heavy (non-hydrogen) atoms. The standard InChI is InChI=1S/C10H19N3O3/c1-7(2)5-9(14)13-3-4-16-8(6-13)10(11)12-15/h7-8,15H,3-6H2,1-2H3,(H2,11,12). The van der Waals surface area contributed by atoms with E-state index in [0.717, 1.165) is 0 Å². The summed E-state index contributed by atoms with van der Waals surface area (Å²) in [4.78, 5) is 13.5. The van der Waals surface area contributed by atoms with E-state index in [4.69, 9.17) is 15.7 Å². The monoisotopic (exact) mass is 229 g/mol. The third-order valence-corrected chi connectivity index (χ3v) is 2.45. The van der Waals surface area contributed by atoms with Crippen molar-refractivity contribution < 1.29 is 14.7 Å². The maximum atomic E-state index is 11.8. The number of hydrogen-bond donors (Lipinski definition) is 2. The van der Waals surface area contributed by atoms with Crippen molar-refractivity contribution >= 4 is 11.7 Å². The zero-order valence-corrected chi connectivity index (χ0v) is 9.72. The predicted octanol–water partition coefficient (Wildman–Crippen LogP) is 0.00630. The van der Waals surface area contributed by atoms with E-state index in [-0.39, 0.29) is 11.7 Å². The first-order valence-electron chi connectivity index (χ1n) is 5.41. The normalized spacial score (nSPS) is 22.6. The van der Waals surface area contributed by atoms with Gasteiger partial charge in [-0.25, -0.2) is 0 Å². The Hall–Kier alpha value is -1.30. The van der Waals surface area contributed by atoms with Gasteiger partial charge in [0.15, 0.2) is 5.84 Å². The van der Waals surface area contributed by atoms with Gasteiger partial charge in [-0.2, -0.15) is 0 Å². The van der Waals surface area contributed by atoms with Gasteiger partial charge in [0.25, 0.3) is 0 Å². The molecule has 1 saturated heterocycles.